The molecule has 0 aliphatic carbocycles. The number of hydrogen-bond acceptors (Lipinski definition) is 0. The SMILES string of the molecule is Cc1cccc([Xe]c2cccc(C)c2)c1. The van der Waals surface area contributed by atoms with Crippen molar-refractivity contribution < 1.29 is 44.2 Å². The van der Waals surface area contributed by atoms with Crippen molar-refractivity contribution in [2.75, 3.05) is 0 Å². The van der Waals surface area contributed by atoms with Crippen LogP contribution in [0.2, 0.25) is 0 Å². The summed E-state index contributed by atoms with van der Waals surface area (Å²) < 4.78 is 2.96. The second-order valence-electron chi connectivity index (χ2n) is 3.66. The van der Waals surface area contributed by atoms with Gasteiger partial charge in [-0.25, -0.2) is 0 Å². The predicted molar refractivity (Wildman–Crippen MR) is 61.6 cm³/mol. The van der Waals surface area contributed by atoms with E-state index in [4.69, 9.17) is 0 Å². The molecule has 0 aromatic heterocycles. The van der Waals surface area contributed by atoms with E-state index in [1.54, 1.807) is 0 Å². The van der Waals surface area contributed by atoms with Gasteiger partial charge in [0.25, 0.3) is 0 Å². The van der Waals surface area contributed by atoms with Crippen LogP contribution in [0.15, 0.2) is 48.5 Å². The molecule has 0 spiro atoms. The molecule has 1 heteroatoms. The summed E-state index contributed by atoms with van der Waals surface area (Å²) in [4.78, 5) is 0. The maximum absolute atomic E-state index is 2.29. The monoisotopic (exact) mass is 314 g/mol. The van der Waals surface area contributed by atoms with E-state index < -0.39 is 0 Å². The molecule has 0 radical (unpaired) electrons. The Morgan fingerprint density at radius 3 is 1.60 bits per heavy atom. The molecule has 0 fully saturated rings. The van der Waals surface area contributed by atoms with Gasteiger partial charge in [0.05, 0.1) is 0 Å². The van der Waals surface area contributed by atoms with Crippen molar-refractivity contribution in [1.29, 1.82) is 0 Å². The van der Waals surface area contributed by atoms with Gasteiger partial charge in [0.2, 0.25) is 0 Å². The molecule has 0 amide bonds. The number of hydrogen-bond donors (Lipinski definition) is 0. The Morgan fingerprint density at radius 1 is 0.733 bits per heavy atom. The van der Waals surface area contributed by atoms with Crippen LogP contribution < -0.4 is 0.0628 Å². The normalized spacial score (nSPS) is 10.5. The first kappa shape index (κ1) is 11.5. The first-order chi connectivity index (χ1) is 7.24. The van der Waals surface area contributed by atoms with Gasteiger partial charge in [0.1, 0.15) is 0 Å². The molecule has 0 aliphatic heterocycles. The third-order valence-corrected chi connectivity index (χ3v) is 4.57. The third kappa shape index (κ3) is 3.51. The number of rotatable bonds is 2. The average molecular weight is 314 g/mol. The molecular weight excluding hydrogens is 299 g/mol. The molecule has 0 bridgehead atoms. The van der Waals surface area contributed by atoms with Crippen molar-refractivity contribution >= 4 is 0.0628 Å². The zero-order valence-corrected chi connectivity index (χ0v) is 11.0. The molecule has 78 valence electrons. The van der Waals surface area contributed by atoms with Crippen molar-refractivity contribution in [3.8, 4) is 0 Å². The van der Waals surface area contributed by atoms with Gasteiger partial charge in [-0.2, -0.15) is 0 Å². The van der Waals surface area contributed by atoms with Crippen LogP contribution >= 0.6 is 0 Å². The fourth-order valence-electron chi connectivity index (χ4n) is 1.42. The van der Waals surface area contributed by atoms with Crippen LogP contribution in [0.1, 0.15) is 11.1 Å². The molecule has 15 heavy (non-hydrogen) atoms. The van der Waals surface area contributed by atoms with E-state index in [9.17, 15) is 0 Å². The fourth-order valence-corrected chi connectivity index (χ4v) is 4.03. The summed E-state index contributed by atoms with van der Waals surface area (Å²) in [7, 11) is 0. The van der Waals surface area contributed by atoms with Crippen molar-refractivity contribution in [2.45, 2.75) is 13.8 Å². The molecule has 0 unspecified atom stereocenters. The summed E-state index contributed by atoms with van der Waals surface area (Å²) in [5.41, 5.74) is 2.71. The van der Waals surface area contributed by atoms with Gasteiger partial charge < -0.3 is 0 Å². The van der Waals surface area contributed by atoms with Gasteiger partial charge in [-0.05, 0) is 0 Å². The number of aryl methyl sites for hydroxylation is 2. The van der Waals surface area contributed by atoms with Gasteiger partial charge in [-0.3, -0.25) is 0 Å². The van der Waals surface area contributed by atoms with E-state index in [1.807, 2.05) is 0 Å². The van der Waals surface area contributed by atoms with E-state index >= 15 is 0 Å². The summed E-state index contributed by atoms with van der Waals surface area (Å²) in [6.45, 7) is 4.31. The van der Waals surface area contributed by atoms with Crippen LogP contribution in [0, 0.1) is 58.0 Å². The molecule has 0 heterocycles. The molecule has 0 saturated heterocycles. The Bertz CT molecular complexity index is 417. The van der Waals surface area contributed by atoms with Crippen LogP contribution in [0.25, 0.3) is 0 Å². The first-order valence-electron chi connectivity index (χ1n) is 5.00. The zero-order chi connectivity index (χ0) is 10.7. The Labute approximate surface area is 116 Å². The van der Waals surface area contributed by atoms with E-state index in [0.29, 0.717) is 0 Å². The molecule has 2 rings (SSSR count). The van der Waals surface area contributed by atoms with E-state index in [-0.39, 0.29) is 44.2 Å². The Kier molecular flexibility index (Phi) is 4.12. The van der Waals surface area contributed by atoms with Gasteiger partial charge in [-0.15, -0.1) is 0 Å². The molecule has 0 atom stereocenters. The summed E-state index contributed by atoms with van der Waals surface area (Å²) in [6, 6.07) is 17.6. The molecule has 2 aromatic rings. The molecule has 0 N–H and O–H groups in total. The van der Waals surface area contributed by atoms with Crippen LogP contribution in [-0.2, 0) is 0 Å². The summed E-state index contributed by atoms with van der Waals surface area (Å²) in [5, 5.41) is 0. The second kappa shape index (κ2) is 5.37. The van der Waals surface area contributed by atoms with Crippen LogP contribution in [0.4, 0.5) is 0 Å². The van der Waals surface area contributed by atoms with Crippen molar-refractivity contribution in [3.63, 3.8) is 0 Å². The van der Waals surface area contributed by atoms with Crippen molar-refractivity contribution in [2.24, 2.45) is 0 Å². The third-order valence-electron chi connectivity index (χ3n) is 2.15. The van der Waals surface area contributed by atoms with E-state index in [1.165, 1.54) is 11.2 Å². The molecule has 0 aliphatic rings. The Morgan fingerprint density at radius 2 is 1.20 bits per heavy atom. The summed E-state index contributed by atoms with van der Waals surface area (Å²) >= 11 is 0.184. The topological polar surface area (TPSA) is 0 Å². The second-order valence-corrected chi connectivity index (χ2v) is 6.49. The van der Waals surface area contributed by atoms with E-state index in [2.05, 4.69) is 62.4 Å². The quantitative estimate of drug-likeness (QED) is 0.798. The van der Waals surface area contributed by atoms with Gasteiger partial charge in [0.15, 0.2) is 0 Å². The predicted octanol–water partition coefficient (Wildman–Crippen LogP) is 2.34. The van der Waals surface area contributed by atoms with Gasteiger partial charge in [0, 0.05) is 0 Å². The molecule has 0 nitrogen and oxygen atoms in total. The number of benzene rings is 2. The van der Waals surface area contributed by atoms with E-state index in [0.717, 1.165) is 0 Å². The van der Waals surface area contributed by atoms with Crippen LogP contribution in [0.5, 0.6) is 0 Å². The molecular formula is C14H14Xe. The zero-order valence-electron chi connectivity index (χ0n) is 8.97. The van der Waals surface area contributed by atoms with Crippen molar-refractivity contribution in [3.05, 3.63) is 59.7 Å². The minimum absolute atomic E-state index is 0.184. The fraction of sp³-hybridized carbons (Fsp3) is 0.143. The molecule has 2 aromatic carbocycles. The Balaban J connectivity index is 2.22. The van der Waals surface area contributed by atoms with Gasteiger partial charge in [-0.1, -0.05) is 0 Å². The maximum atomic E-state index is 2.29. The first-order valence-corrected chi connectivity index (χ1v) is 7.01. The standard InChI is InChI=1S/C14H14Xe/c1-11-5-3-7-13(9-11)15-14-8-4-6-12(2)10-14/h3-10H,1-2H3. The summed E-state index contributed by atoms with van der Waals surface area (Å²) in [6.07, 6.45) is 0. The minimum atomic E-state index is 0.184. The van der Waals surface area contributed by atoms with Crippen LogP contribution in [-0.4, -0.2) is 0 Å². The van der Waals surface area contributed by atoms with Crippen molar-refractivity contribution in [1.82, 2.24) is 0 Å². The average Bonchev–Trinajstić information content (AvgIpc) is 2.17. The van der Waals surface area contributed by atoms with Crippen LogP contribution in [0.3, 0.4) is 0 Å². The summed E-state index contributed by atoms with van der Waals surface area (Å²) in [5.74, 6) is 0. The Hall–Kier alpha value is 0.0114. The molecule has 0 saturated carbocycles. The van der Waals surface area contributed by atoms with Gasteiger partial charge >= 0.3 is 118 Å².